The fraction of sp³-hybridized carbons (Fsp3) is 0.500. The van der Waals surface area contributed by atoms with Crippen molar-refractivity contribution in [3.05, 3.63) is 35.9 Å². The Labute approximate surface area is 116 Å². The second kappa shape index (κ2) is 5.88. The summed E-state index contributed by atoms with van der Waals surface area (Å²) >= 11 is 5.44. The number of rotatable bonds is 6. The summed E-state index contributed by atoms with van der Waals surface area (Å²) in [5.74, 6) is -0.845. The van der Waals surface area contributed by atoms with Crippen molar-refractivity contribution in [2.75, 3.05) is 0 Å². The SMILES string of the molecule is O=C(C[C@H](O)CC1CC1(F)Cl)OCc1ccccc1. The molecule has 1 aliphatic carbocycles. The molecule has 2 unspecified atom stereocenters. The summed E-state index contributed by atoms with van der Waals surface area (Å²) in [6.07, 6.45) is -0.592. The highest BCUT2D eigenvalue weighted by Gasteiger charge is 2.54. The molecule has 3 atom stereocenters. The number of halogens is 2. The predicted octanol–water partition coefficient (Wildman–Crippen LogP) is 2.80. The van der Waals surface area contributed by atoms with Crippen molar-refractivity contribution in [2.45, 2.75) is 37.1 Å². The van der Waals surface area contributed by atoms with Gasteiger partial charge in [0, 0.05) is 12.3 Å². The first-order chi connectivity index (χ1) is 8.97. The quantitative estimate of drug-likeness (QED) is 0.646. The first-order valence-corrected chi connectivity index (χ1v) is 6.60. The molecular formula is C14H16ClFO3. The van der Waals surface area contributed by atoms with Crippen LogP contribution in [-0.2, 0) is 16.1 Å². The van der Waals surface area contributed by atoms with Gasteiger partial charge in [-0.15, -0.1) is 0 Å². The van der Waals surface area contributed by atoms with Crippen LogP contribution in [0.4, 0.5) is 4.39 Å². The van der Waals surface area contributed by atoms with Gasteiger partial charge in [-0.3, -0.25) is 4.79 Å². The molecule has 19 heavy (non-hydrogen) atoms. The third-order valence-corrected chi connectivity index (χ3v) is 3.62. The van der Waals surface area contributed by atoms with Crippen LogP contribution in [0.5, 0.6) is 0 Å². The molecule has 3 nitrogen and oxygen atoms in total. The maximum Gasteiger partial charge on any atom is 0.308 e. The molecule has 2 rings (SSSR count). The lowest BCUT2D eigenvalue weighted by molar-refractivity contribution is -0.147. The van der Waals surface area contributed by atoms with Crippen LogP contribution in [0.25, 0.3) is 0 Å². The highest BCUT2D eigenvalue weighted by atomic mass is 35.5. The minimum absolute atomic E-state index is 0.129. The van der Waals surface area contributed by atoms with E-state index in [0.29, 0.717) is 0 Å². The summed E-state index contributed by atoms with van der Waals surface area (Å²) in [5.41, 5.74) is 0.885. The lowest BCUT2D eigenvalue weighted by Crippen LogP contribution is -2.17. The molecule has 1 aromatic rings. The van der Waals surface area contributed by atoms with Gasteiger partial charge in [0.05, 0.1) is 12.5 Å². The van der Waals surface area contributed by atoms with Crippen LogP contribution in [0.15, 0.2) is 30.3 Å². The number of ether oxygens (including phenoxy) is 1. The number of aliphatic hydroxyl groups excluding tert-OH is 1. The summed E-state index contributed by atoms with van der Waals surface area (Å²) in [6.45, 7) is 0.179. The zero-order valence-corrected chi connectivity index (χ0v) is 11.1. The van der Waals surface area contributed by atoms with E-state index < -0.39 is 17.2 Å². The third-order valence-electron chi connectivity index (χ3n) is 3.16. The van der Waals surface area contributed by atoms with Crippen molar-refractivity contribution in [1.29, 1.82) is 0 Å². The summed E-state index contributed by atoms with van der Waals surface area (Å²) < 4.78 is 18.1. The summed E-state index contributed by atoms with van der Waals surface area (Å²) in [5, 5.41) is 7.95. The maximum atomic E-state index is 13.1. The summed E-state index contributed by atoms with van der Waals surface area (Å²) in [7, 11) is 0. The van der Waals surface area contributed by atoms with Gasteiger partial charge in [-0.25, -0.2) is 4.39 Å². The zero-order valence-electron chi connectivity index (χ0n) is 10.4. The van der Waals surface area contributed by atoms with E-state index in [2.05, 4.69) is 0 Å². The Morgan fingerprint density at radius 2 is 2.16 bits per heavy atom. The number of alkyl halides is 2. The molecule has 1 fully saturated rings. The van der Waals surface area contributed by atoms with E-state index in [-0.39, 0.29) is 31.8 Å². The molecule has 5 heteroatoms. The maximum absolute atomic E-state index is 13.1. The van der Waals surface area contributed by atoms with E-state index in [1.165, 1.54) is 0 Å². The molecule has 0 spiro atoms. The van der Waals surface area contributed by atoms with E-state index in [0.717, 1.165) is 5.56 Å². The standard InChI is InChI=1S/C14H16ClFO3/c15-14(16)8-11(14)6-12(17)7-13(18)19-9-10-4-2-1-3-5-10/h1-5,11-12,17H,6-9H2/t11?,12-,14?/m1/s1. The predicted molar refractivity (Wildman–Crippen MR) is 69.3 cm³/mol. The number of carbonyl (C=O) groups is 1. The van der Waals surface area contributed by atoms with E-state index in [9.17, 15) is 14.3 Å². The van der Waals surface area contributed by atoms with Crippen molar-refractivity contribution in [3.63, 3.8) is 0 Å². The molecule has 0 radical (unpaired) electrons. The minimum Gasteiger partial charge on any atom is -0.461 e. The Bertz CT molecular complexity index is 436. The molecule has 104 valence electrons. The molecule has 0 saturated heterocycles. The zero-order chi connectivity index (χ0) is 13.9. The minimum atomic E-state index is -1.69. The van der Waals surface area contributed by atoms with Gasteiger partial charge in [0.15, 0.2) is 5.13 Å². The van der Waals surface area contributed by atoms with Gasteiger partial charge < -0.3 is 9.84 Å². The van der Waals surface area contributed by atoms with Crippen LogP contribution >= 0.6 is 11.6 Å². The van der Waals surface area contributed by atoms with Crippen LogP contribution < -0.4 is 0 Å². The number of carbonyl (C=O) groups excluding carboxylic acids is 1. The number of aliphatic hydroxyl groups is 1. The van der Waals surface area contributed by atoms with Crippen molar-refractivity contribution >= 4 is 17.6 Å². The number of hydrogen-bond donors (Lipinski definition) is 1. The lowest BCUT2D eigenvalue weighted by atomic mass is 10.1. The molecule has 1 aromatic carbocycles. The molecular weight excluding hydrogens is 271 g/mol. The van der Waals surface area contributed by atoms with E-state index in [4.69, 9.17) is 16.3 Å². The summed E-state index contributed by atoms with van der Waals surface area (Å²) in [6, 6.07) is 9.27. The molecule has 0 bridgehead atoms. The molecule has 1 aliphatic rings. The topological polar surface area (TPSA) is 46.5 Å². The van der Waals surface area contributed by atoms with Crippen molar-refractivity contribution < 1.29 is 19.0 Å². The Kier molecular flexibility index (Phi) is 4.42. The fourth-order valence-electron chi connectivity index (χ4n) is 1.93. The average Bonchev–Trinajstić information content (AvgIpc) is 2.95. The van der Waals surface area contributed by atoms with E-state index >= 15 is 0 Å². The van der Waals surface area contributed by atoms with Crippen molar-refractivity contribution in [3.8, 4) is 0 Å². The molecule has 0 aromatic heterocycles. The third kappa shape index (κ3) is 4.48. The summed E-state index contributed by atoms with van der Waals surface area (Å²) in [4.78, 5) is 11.5. The van der Waals surface area contributed by atoms with Gasteiger partial charge in [0.1, 0.15) is 6.61 Å². The van der Waals surface area contributed by atoms with Crippen LogP contribution in [-0.4, -0.2) is 22.3 Å². The molecule has 0 heterocycles. The van der Waals surface area contributed by atoms with Crippen LogP contribution in [0.1, 0.15) is 24.8 Å². The molecule has 0 amide bonds. The Morgan fingerprint density at radius 3 is 2.74 bits per heavy atom. The molecule has 1 saturated carbocycles. The number of hydrogen-bond acceptors (Lipinski definition) is 3. The van der Waals surface area contributed by atoms with Crippen LogP contribution in [0, 0.1) is 5.92 Å². The normalized spacial score (nSPS) is 26.8. The number of benzene rings is 1. The van der Waals surface area contributed by atoms with E-state index in [1.807, 2.05) is 30.3 Å². The van der Waals surface area contributed by atoms with Crippen molar-refractivity contribution in [1.82, 2.24) is 0 Å². The van der Waals surface area contributed by atoms with Crippen LogP contribution in [0.3, 0.4) is 0 Å². The van der Waals surface area contributed by atoms with Crippen LogP contribution in [0.2, 0.25) is 0 Å². The monoisotopic (exact) mass is 286 g/mol. The van der Waals surface area contributed by atoms with Gasteiger partial charge in [-0.1, -0.05) is 41.9 Å². The van der Waals surface area contributed by atoms with Gasteiger partial charge in [-0.05, 0) is 12.0 Å². The van der Waals surface area contributed by atoms with Gasteiger partial charge in [-0.2, -0.15) is 0 Å². The highest BCUT2D eigenvalue weighted by molar-refractivity contribution is 6.25. The van der Waals surface area contributed by atoms with Crippen molar-refractivity contribution in [2.24, 2.45) is 5.92 Å². The van der Waals surface area contributed by atoms with Gasteiger partial charge >= 0.3 is 5.97 Å². The highest BCUT2D eigenvalue weighted by Crippen LogP contribution is 2.53. The fourth-order valence-corrected chi connectivity index (χ4v) is 2.20. The second-order valence-corrected chi connectivity index (χ2v) is 5.53. The number of esters is 1. The van der Waals surface area contributed by atoms with E-state index in [1.54, 1.807) is 0 Å². The second-order valence-electron chi connectivity index (χ2n) is 4.90. The largest absolute Gasteiger partial charge is 0.461 e. The first-order valence-electron chi connectivity index (χ1n) is 6.23. The molecule has 0 aliphatic heterocycles. The Balaban J connectivity index is 1.67. The smallest absolute Gasteiger partial charge is 0.308 e. The lowest BCUT2D eigenvalue weighted by Gasteiger charge is -2.10. The van der Waals surface area contributed by atoms with Gasteiger partial charge in [0.2, 0.25) is 0 Å². The Morgan fingerprint density at radius 1 is 1.53 bits per heavy atom. The van der Waals surface area contributed by atoms with Gasteiger partial charge in [0.25, 0.3) is 0 Å². The Hall–Kier alpha value is -1.13. The first kappa shape index (κ1) is 14.3. The average molecular weight is 287 g/mol. The molecule has 1 N–H and O–H groups in total.